The molecule has 2 aromatic carbocycles. The van der Waals surface area contributed by atoms with Crippen molar-refractivity contribution in [2.75, 3.05) is 25.0 Å². The molecule has 7 nitrogen and oxygen atoms in total. The molecule has 0 aromatic heterocycles. The average Bonchev–Trinajstić information content (AvgIpc) is 2.73. The SMILES string of the molecule is COc1ccc(S(=O)(=O)Nc2ccc3c(c2)C(=O)N2CCCCC2CCO3)cc1C. The number of piperidine rings is 1. The number of nitrogens with one attached hydrogen (secondary N) is 1. The van der Waals surface area contributed by atoms with Crippen molar-refractivity contribution in [3.8, 4) is 11.5 Å². The van der Waals surface area contributed by atoms with Crippen LogP contribution in [0.3, 0.4) is 0 Å². The Labute approximate surface area is 177 Å². The molecule has 2 aromatic rings. The second-order valence-electron chi connectivity index (χ2n) is 7.73. The number of aryl methyl sites for hydroxylation is 1. The molecule has 30 heavy (non-hydrogen) atoms. The van der Waals surface area contributed by atoms with Crippen LogP contribution in [0.25, 0.3) is 0 Å². The fourth-order valence-electron chi connectivity index (χ4n) is 4.15. The van der Waals surface area contributed by atoms with E-state index in [1.54, 1.807) is 44.4 Å². The normalized spacial score (nSPS) is 19.1. The second-order valence-corrected chi connectivity index (χ2v) is 9.42. The number of benzene rings is 2. The van der Waals surface area contributed by atoms with E-state index in [0.29, 0.717) is 29.4 Å². The van der Waals surface area contributed by atoms with E-state index in [-0.39, 0.29) is 16.8 Å². The van der Waals surface area contributed by atoms with Crippen LogP contribution in [-0.2, 0) is 10.0 Å². The quantitative estimate of drug-likeness (QED) is 0.801. The molecule has 1 atom stereocenters. The van der Waals surface area contributed by atoms with Crippen LogP contribution in [0.4, 0.5) is 5.69 Å². The fraction of sp³-hybridized carbons (Fsp3) is 0.409. The first-order valence-electron chi connectivity index (χ1n) is 10.1. The monoisotopic (exact) mass is 430 g/mol. The topological polar surface area (TPSA) is 84.9 Å². The number of sulfonamides is 1. The summed E-state index contributed by atoms with van der Waals surface area (Å²) in [5, 5.41) is 0. The van der Waals surface area contributed by atoms with Crippen LogP contribution in [0, 0.1) is 6.92 Å². The highest BCUT2D eigenvalue weighted by Crippen LogP contribution is 2.32. The first kappa shape index (κ1) is 20.5. The van der Waals surface area contributed by atoms with Gasteiger partial charge in [0, 0.05) is 24.7 Å². The van der Waals surface area contributed by atoms with Crippen molar-refractivity contribution in [2.45, 2.75) is 43.5 Å². The number of hydrogen-bond donors (Lipinski definition) is 1. The summed E-state index contributed by atoms with van der Waals surface area (Å²) in [4.78, 5) is 15.2. The largest absolute Gasteiger partial charge is 0.496 e. The lowest BCUT2D eigenvalue weighted by Gasteiger charge is -2.37. The van der Waals surface area contributed by atoms with Gasteiger partial charge in [0.1, 0.15) is 11.5 Å². The first-order chi connectivity index (χ1) is 14.4. The van der Waals surface area contributed by atoms with Gasteiger partial charge in [0.05, 0.1) is 24.2 Å². The van der Waals surface area contributed by atoms with E-state index in [1.807, 2.05) is 4.90 Å². The van der Waals surface area contributed by atoms with Crippen LogP contribution in [0.1, 0.15) is 41.6 Å². The fourth-order valence-corrected chi connectivity index (χ4v) is 5.28. The molecule has 0 radical (unpaired) electrons. The molecule has 4 rings (SSSR count). The molecule has 8 heteroatoms. The van der Waals surface area contributed by atoms with Crippen LogP contribution < -0.4 is 14.2 Å². The molecule has 1 unspecified atom stereocenters. The number of fused-ring (bicyclic) bond motifs is 2. The zero-order valence-corrected chi connectivity index (χ0v) is 18.0. The maximum absolute atomic E-state index is 13.2. The van der Waals surface area contributed by atoms with E-state index >= 15 is 0 Å². The van der Waals surface area contributed by atoms with E-state index in [1.165, 1.54) is 6.07 Å². The van der Waals surface area contributed by atoms with Gasteiger partial charge in [-0.3, -0.25) is 9.52 Å². The van der Waals surface area contributed by atoms with Gasteiger partial charge < -0.3 is 14.4 Å². The third-order valence-electron chi connectivity index (χ3n) is 5.74. The van der Waals surface area contributed by atoms with Gasteiger partial charge in [-0.2, -0.15) is 0 Å². The lowest BCUT2D eigenvalue weighted by atomic mass is 9.97. The molecule has 0 aliphatic carbocycles. The number of carbonyl (C=O) groups is 1. The van der Waals surface area contributed by atoms with E-state index in [0.717, 1.165) is 37.8 Å². The minimum absolute atomic E-state index is 0.101. The minimum atomic E-state index is -3.82. The predicted octanol–water partition coefficient (Wildman–Crippen LogP) is 3.58. The summed E-state index contributed by atoms with van der Waals surface area (Å²) in [7, 11) is -2.28. The van der Waals surface area contributed by atoms with Crippen molar-refractivity contribution in [3.63, 3.8) is 0 Å². The highest BCUT2D eigenvalue weighted by atomic mass is 32.2. The number of rotatable bonds is 4. The number of ether oxygens (including phenoxy) is 2. The number of nitrogens with zero attached hydrogens (tertiary/aromatic N) is 1. The molecular formula is C22H26N2O5S. The maximum atomic E-state index is 13.2. The van der Waals surface area contributed by atoms with Gasteiger partial charge in [-0.05, 0) is 68.1 Å². The lowest BCUT2D eigenvalue weighted by molar-refractivity contribution is 0.0548. The summed E-state index contributed by atoms with van der Waals surface area (Å²) in [6.45, 7) is 3.05. The third kappa shape index (κ3) is 3.96. The molecule has 1 saturated heterocycles. The number of hydrogen-bond acceptors (Lipinski definition) is 5. The molecule has 1 fully saturated rings. The van der Waals surface area contributed by atoms with Crippen molar-refractivity contribution < 1.29 is 22.7 Å². The first-order valence-corrected chi connectivity index (χ1v) is 11.6. The van der Waals surface area contributed by atoms with E-state index in [4.69, 9.17) is 9.47 Å². The summed E-state index contributed by atoms with van der Waals surface area (Å²) in [6, 6.07) is 9.71. The van der Waals surface area contributed by atoms with Gasteiger partial charge >= 0.3 is 0 Å². The molecule has 2 aliphatic rings. The van der Waals surface area contributed by atoms with Crippen molar-refractivity contribution in [3.05, 3.63) is 47.5 Å². The molecule has 160 valence electrons. The molecule has 2 heterocycles. The van der Waals surface area contributed by atoms with Crippen molar-refractivity contribution >= 4 is 21.6 Å². The van der Waals surface area contributed by atoms with Crippen LogP contribution in [0.2, 0.25) is 0 Å². The Morgan fingerprint density at radius 3 is 2.73 bits per heavy atom. The van der Waals surface area contributed by atoms with Crippen LogP contribution in [-0.4, -0.2) is 45.5 Å². The summed E-state index contributed by atoms with van der Waals surface area (Å²) < 4.78 is 39.4. The van der Waals surface area contributed by atoms with Gasteiger partial charge in [0.2, 0.25) is 0 Å². The number of methoxy groups -OCH3 is 1. The van der Waals surface area contributed by atoms with Gasteiger partial charge in [-0.25, -0.2) is 8.42 Å². The molecule has 1 amide bonds. The predicted molar refractivity (Wildman–Crippen MR) is 114 cm³/mol. The Hall–Kier alpha value is -2.74. The Morgan fingerprint density at radius 1 is 1.13 bits per heavy atom. The highest BCUT2D eigenvalue weighted by molar-refractivity contribution is 7.92. The summed E-state index contributed by atoms with van der Waals surface area (Å²) in [6.07, 6.45) is 3.90. The zero-order chi connectivity index (χ0) is 21.3. The molecule has 0 bridgehead atoms. The van der Waals surface area contributed by atoms with Gasteiger partial charge in [-0.15, -0.1) is 0 Å². The van der Waals surface area contributed by atoms with Crippen molar-refractivity contribution in [1.82, 2.24) is 4.90 Å². The Balaban J connectivity index is 1.63. The van der Waals surface area contributed by atoms with Crippen LogP contribution >= 0.6 is 0 Å². The summed E-state index contributed by atoms with van der Waals surface area (Å²) in [5.41, 5.74) is 1.44. The van der Waals surface area contributed by atoms with Gasteiger partial charge in [0.25, 0.3) is 15.9 Å². The summed E-state index contributed by atoms with van der Waals surface area (Å²) in [5.74, 6) is 1.01. The van der Waals surface area contributed by atoms with E-state index in [9.17, 15) is 13.2 Å². The molecule has 2 aliphatic heterocycles. The number of amides is 1. The van der Waals surface area contributed by atoms with E-state index < -0.39 is 10.0 Å². The minimum Gasteiger partial charge on any atom is -0.496 e. The summed E-state index contributed by atoms with van der Waals surface area (Å²) >= 11 is 0. The average molecular weight is 431 g/mol. The number of carbonyl (C=O) groups excluding carboxylic acids is 1. The zero-order valence-electron chi connectivity index (χ0n) is 17.2. The highest BCUT2D eigenvalue weighted by Gasteiger charge is 2.31. The van der Waals surface area contributed by atoms with Crippen LogP contribution in [0.15, 0.2) is 41.3 Å². The lowest BCUT2D eigenvalue weighted by Crippen LogP contribution is -2.45. The van der Waals surface area contributed by atoms with Gasteiger partial charge in [-0.1, -0.05) is 0 Å². The van der Waals surface area contributed by atoms with Crippen molar-refractivity contribution in [1.29, 1.82) is 0 Å². The maximum Gasteiger partial charge on any atom is 0.261 e. The van der Waals surface area contributed by atoms with Gasteiger partial charge in [0.15, 0.2) is 0 Å². The Kier molecular flexibility index (Phi) is 5.60. The van der Waals surface area contributed by atoms with Crippen molar-refractivity contribution in [2.24, 2.45) is 0 Å². The Morgan fingerprint density at radius 2 is 1.97 bits per heavy atom. The van der Waals surface area contributed by atoms with Crippen LogP contribution in [0.5, 0.6) is 11.5 Å². The molecule has 1 N–H and O–H groups in total. The molecule has 0 spiro atoms. The second kappa shape index (κ2) is 8.18. The Bertz CT molecular complexity index is 1070. The smallest absolute Gasteiger partial charge is 0.261 e. The number of anilines is 1. The standard InChI is InChI=1S/C22H26N2O5S/c1-15-13-18(7-9-20(15)28-2)30(26,27)23-16-6-8-21-19(14-16)22(25)24-11-4-3-5-17(24)10-12-29-21/h6-9,13-14,17,23H,3-5,10-12H2,1-2H3. The third-order valence-corrected chi connectivity index (χ3v) is 7.11. The molecular weight excluding hydrogens is 404 g/mol. The molecule has 0 saturated carbocycles. The van der Waals surface area contributed by atoms with E-state index in [2.05, 4.69) is 4.72 Å².